The minimum absolute atomic E-state index is 1.10. The van der Waals surface area contributed by atoms with E-state index < -0.39 is 0 Å². The van der Waals surface area contributed by atoms with Crippen molar-refractivity contribution in [3.8, 4) is 0 Å². The van der Waals surface area contributed by atoms with Crippen molar-refractivity contribution < 1.29 is 0 Å². The number of hydrogen-bond acceptors (Lipinski definition) is 1. The molecule has 1 nitrogen and oxygen atoms in total. The molecule has 0 aromatic heterocycles. The number of hydrogen-bond donors (Lipinski definition) is 0. The van der Waals surface area contributed by atoms with E-state index in [-0.39, 0.29) is 0 Å². The Kier molecular flexibility index (Phi) is 4.82. The van der Waals surface area contributed by atoms with Gasteiger partial charge in [0.2, 0.25) is 0 Å². The van der Waals surface area contributed by atoms with Crippen LogP contribution in [0.1, 0.15) is 26.7 Å². The average molecular weight is 211 g/mol. The topological polar surface area (TPSA) is 12.4 Å². The van der Waals surface area contributed by atoms with Crippen molar-refractivity contribution in [3.63, 3.8) is 0 Å². The largest absolute Gasteiger partial charge is 0.224 e. The monoisotopic (exact) mass is 211 g/mol. The predicted octanol–water partition coefficient (Wildman–Crippen LogP) is 2.60. The maximum absolute atomic E-state index is 4.01. The van der Waals surface area contributed by atoms with Gasteiger partial charge in [0, 0.05) is 5.71 Å². The Balaban J connectivity index is 3.38. The summed E-state index contributed by atoms with van der Waals surface area (Å²) in [6.07, 6.45) is 2.19. The zero-order chi connectivity index (χ0) is 5.70. The smallest absolute Gasteiger partial charge is 0.0830 e. The second-order valence-corrected chi connectivity index (χ2v) is 1.84. The van der Waals surface area contributed by atoms with Gasteiger partial charge in [0.15, 0.2) is 0 Å². The summed E-state index contributed by atoms with van der Waals surface area (Å²) < 4.78 is 4.01. The first kappa shape index (κ1) is 7.40. The summed E-state index contributed by atoms with van der Waals surface area (Å²) in [5.74, 6) is 0. The van der Waals surface area contributed by atoms with Gasteiger partial charge in [0.25, 0.3) is 0 Å². The van der Waals surface area contributed by atoms with Crippen LogP contribution in [0.5, 0.6) is 0 Å². The van der Waals surface area contributed by atoms with Gasteiger partial charge in [-0.3, -0.25) is 0 Å². The number of rotatable bonds is 2. The Hall–Kier alpha value is 0.400. The van der Waals surface area contributed by atoms with E-state index in [1.165, 1.54) is 5.71 Å². The van der Waals surface area contributed by atoms with Crippen LogP contribution in [-0.4, -0.2) is 5.71 Å². The minimum Gasteiger partial charge on any atom is -0.224 e. The van der Waals surface area contributed by atoms with E-state index in [2.05, 4.69) is 17.1 Å². The van der Waals surface area contributed by atoms with Crippen LogP contribution in [0.3, 0.4) is 0 Å². The molecule has 0 aliphatic heterocycles. The Bertz CT molecular complexity index is 62.5. The fourth-order valence-corrected chi connectivity index (χ4v) is 1.05. The highest BCUT2D eigenvalue weighted by atomic mass is 127. The summed E-state index contributed by atoms with van der Waals surface area (Å²) in [5, 5.41) is 0. The Morgan fingerprint density at radius 1 is 1.43 bits per heavy atom. The van der Waals surface area contributed by atoms with Gasteiger partial charge >= 0.3 is 0 Å². The lowest BCUT2D eigenvalue weighted by molar-refractivity contribution is 1.17. The van der Waals surface area contributed by atoms with E-state index in [0.717, 1.165) is 12.8 Å². The highest BCUT2D eigenvalue weighted by Gasteiger charge is 1.85. The normalized spacial score (nSPS) is 8.43. The number of nitrogens with zero attached hydrogens (tertiary/aromatic N) is 1. The van der Waals surface area contributed by atoms with Gasteiger partial charge in [-0.2, -0.15) is 0 Å². The summed E-state index contributed by atoms with van der Waals surface area (Å²) in [7, 11) is 0. The van der Waals surface area contributed by atoms with Crippen LogP contribution >= 0.6 is 22.9 Å². The van der Waals surface area contributed by atoms with Crippen molar-refractivity contribution in [1.82, 2.24) is 0 Å². The first-order valence-corrected chi connectivity index (χ1v) is 3.48. The van der Waals surface area contributed by atoms with Gasteiger partial charge in [-0.1, -0.05) is 13.8 Å². The molecule has 0 aromatic rings. The highest BCUT2D eigenvalue weighted by Crippen LogP contribution is 1.95. The molecule has 0 fully saturated rings. The minimum atomic E-state index is 1.10. The van der Waals surface area contributed by atoms with Crippen molar-refractivity contribution >= 4 is 28.6 Å². The zero-order valence-electron chi connectivity index (χ0n) is 4.74. The van der Waals surface area contributed by atoms with E-state index in [0.29, 0.717) is 0 Å². The summed E-state index contributed by atoms with van der Waals surface area (Å²) in [6.45, 7) is 4.25. The summed E-state index contributed by atoms with van der Waals surface area (Å²) in [6, 6.07) is 0. The molecule has 0 spiro atoms. The fraction of sp³-hybridized carbons (Fsp3) is 0.800. The summed E-state index contributed by atoms with van der Waals surface area (Å²) >= 11 is 2.04. The first-order valence-electron chi connectivity index (χ1n) is 2.51. The molecule has 0 radical (unpaired) electrons. The molecule has 0 aliphatic rings. The standard InChI is InChI=1S/C5H10IN/c1-3-5(4-2)7-6/h3-4H2,1-2H3. The molecule has 2 heteroatoms. The molecule has 0 rings (SSSR count). The van der Waals surface area contributed by atoms with Crippen LogP contribution in [0.25, 0.3) is 0 Å². The molecule has 7 heavy (non-hydrogen) atoms. The second kappa shape index (κ2) is 4.56. The highest BCUT2D eigenvalue weighted by molar-refractivity contribution is 14.1. The Morgan fingerprint density at radius 3 is 1.86 bits per heavy atom. The van der Waals surface area contributed by atoms with Gasteiger partial charge in [-0.15, -0.1) is 0 Å². The molecule has 42 valence electrons. The van der Waals surface area contributed by atoms with Crippen molar-refractivity contribution in [2.24, 2.45) is 3.21 Å². The van der Waals surface area contributed by atoms with Crippen LogP contribution in [0.4, 0.5) is 0 Å². The van der Waals surface area contributed by atoms with Gasteiger partial charge in [0.1, 0.15) is 0 Å². The molecule has 0 N–H and O–H groups in total. The number of halogens is 1. The van der Waals surface area contributed by atoms with Crippen molar-refractivity contribution in [2.75, 3.05) is 0 Å². The molecule has 0 bridgehead atoms. The first-order chi connectivity index (χ1) is 3.35. The summed E-state index contributed by atoms with van der Waals surface area (Å²) in [5.41, 5.74) is 1.29. The van der Waals surface area contributed by atoms with Gasteiger partial charge < -0.3 is 0 Å². The third kappa shape index (κ3) is 3.02. The summed E-state index contributed by atoms with van der Waals surface area (Å²) in [4.78, 5) is 0. The van der Waals surface area contributed by atoms with Crippen LogP contribution in [-0.2, 0) is 0 Å². The van der Waals surface area contributed by atoms with Crippen molar-refractivity contribution in [1.29, 1.82) is 0 Å². The molecule has 0 aromatic carbocycles. The molecular weight excluding hydrogens is 201 g/mol. The van der Waals surface area contributed by atoms with Crippen LogP contribution < -0.4 is 0 Å². The van der Waals surface area contributed by atoms with E-state index in [1.807, 2.05) is 22.9 Å². The molecular formula is C5H10IN. The third-order valence-corrected chi connectivity index (χ3v) is 1.62. The van der Waals surface area contributed by atoms with Crippen LogP contribution in [0.15, 0.2) is 3.21 Å². The quantitative estimate of drug-likeness (QED) is 0.491. The lowest BCUT2D eigenvalue weighted by Gasteiger charge is -1.90. The van der Waals surface area contributed by atoms with Gasteiger partial charge in [-0.25, -0.2) is 3.21 Å². The lowest BCUT2D eigenvalue weighted by atomic mass is 10.2. The van der Waals surface area contributed by atoms with E-state index in [9.17, 15) is 0 Å². The Morgan fingerprint density at radius 2 is 1.86 bits per heavy atom. The molecule has 0 saturated carbocycles. The van der Waals surface area contributed by atoms with Crippen molar-refractivity contribution in [2.45, 2.75) is 26.7 Å². The molecule has 0 atom stereocenters. The average Bonchev–Trinajstić information content (AvgIpc) is 1.72. The molecule has 0 heterocycles. The van der Waals surface area contributed by atoms with Gasteiger partial charge in [0.05, 0.1) is 22.9 Å². The van der Waals surface area contributed by atoms with E-state index >= 15 is 0 Å². The van der Waals surface area contributed by atoms with Crippen LogP contribution in [0, 0.1) is 0 Å². The lowest BCUT2D eigenvalue weighted by Crippen LogP contribution is -1.88. The third-order valence-electron chi connectivity index (χ3n) is 0.936. The fourth-order valence-electron chi connectivity index (χ4n) is 0.370. The maximum Gasteiger partial charge on any atom is 0.0830 e. The predicted molar refractivity (Wildman–Crippen MR) is 42.0 cm³/mol. The second-order valence-electron chi connectivity index (χ2n) is 1.36. The van der Waals surface area contributed by atoms with Crippen LogP contribution in [0.2, 0.25) is 0 Å². The van der Waals surface area contributed by atoms with Crippen molar-refractivity contribution in [3.05, 3.63) is 0 Å². The Labute approximate surface area is 58.7 Å². The van der Waals surface area contributed by atoms with E-state index in [1.54, 1.807) is 0 Å². The van der Waals surface area contributed by atoms with Gasteiger partial charge in [-0.05, 0) is 12.8 Å². The SMILES string of the molecule is CCC(CC)=NI. The molecule has 0 unspecified atom stereocenters. The maximum atomic E-state index is 4.01. The molecule has 0 saturated heterocycles. The molecule has 0 amide bonds. The zero-order valence-corrected chi connectivity index (χ0v) is 6.90. The molecule has 0 aliphatic carbocycles. The van der Waals surface area contributed by atoms with E-state index in [4.69, 9.17) is 0 Å².